The predicted octanol–water partition coefficient (Wildman–Crippen LogP) is 3.83. The maximum absolute atomic E-state index is 13.2. The molecular formula is C25H32N4O3S. The number of benzene rings is 2. The Bertz CT molecular complexity index is 1240. The van der Waals surface area contributed by atoms with Gasteiger partial charge in [-0.2, -0.15) is 4.31 Å². The topological polar surface area (TPSA) is 84.3 Å². The third-order valence-corrected chi connectivity index (χ3v) is 8.09. The molecule has 0 saturated carbocycles. The first-order valence-corrected chi connectivity index (χ1v) is 13.0. The van der Waals surface area contributed by atoms with Crippen LogP contribution in [0.25, 0.3) is 11.0 Å². The zero-order chi connectivity index (χ0) is 23.6. The molecule has 33 heavy (non-hydrogen) atoms. The molecule has 8 heteroatoms. The van der Waals surface area contributed by atoms with E-state index in [1.165, 1.54) is 6.07 Å². The smallest absolute Gasteiger partial charge is 0.251 e. The van der Waals surface area contributed by atoms with Crippen LogP contribution in [0.2, 0.25) is 0 Å². The van der Waals surface area contributed by atoms with Gasteiger partial charge in [-0.25, -0.2) is 13.4 Å². The Balaban J connectivity index is 1.38. The lowest BCUT2D eigenvalue weighted by Gasteiger charge is -2.34. The molecule has 1 aromatic heterocycles. The lowest BCUT2D eigenvalue weighted by atomic mass is 9.94. The van der Waals surface area contributed by atoms with Crippen molar-refractivity contribution in [2.24, 2.45) is 11.8 Å². The lowest BCUT2D eigenvalue weighted by Crippen LogP contribution is -2.42. The molecule has 0 radical (unpaired) electrons. The van der Waals surface area contributed by atoms with Crippen LogP contribution in [0.5, 0.6) is 0 Å². The minimum atomic E-state index is -3.62. The fraction of sp³-hybridized carbons (Fsp3) is 0.440. The van der Waals surface area contributed by atoms with Gasteiger partial charge in [0, 0.05) is 31.7 Å². The lowest BCUT2D eigenvalue weighted by molar-refractivity contribution is 0.0952. The number of sulfonamides is 1. The van der Waals surface area contributed by atoms with Gasteiger partial charge in [0.2, 0.25) is 10.0 Å². The Labute approximate surface area is 195 Å². The zero-order valence-corrected chi connectivity index (χ0v) is 20.3. The largest absolute Gasteiger partial charge is 0.352 e. The van der Waals surface area contributed by atoms with Crippen LogP contribution in [0.3, 0.4) is 0 Å². The van der Waals surface area contributed by atoms with Crippen LogP contribution < -0.4 is 5.32 Å². The highest BCUT2D eigenvalue weighted by Crippen LogP contribution is 2.27. The minimum Gasteiger partial charge on any atom is -0.352 e. The van der Waals surface area contributed by atoms with Gasteiger partial charge in [0.15, 0.2) is 0 Å². The first-order valence-electron chi connectivity index (χ1n) is 11.6. The van der Waals surface area contributed by atoms with E-state index in [0.29, 0.717) is 37.0 Å². The van der Waals surface area contributed by atoms with Crippen LogP contribution >= 0.6 is 0 Å². The Morgan fingerprint density at radius 2 is 1.82 bits per heavy atom. The van der Waals surface area contributed by atoms with Crippen molar-refractivity contribution in [2.75, 3.05) is 19.6 Å². The van der Waals surface area contributed by atoms with Crippen molar-refractivity contribution < 1.29 is 13.2 Å². The summed E-state index contributed by atoms with van der Waals surface area (Å²) in [6.45, 7) is 8.41. The molecule has 176 valence electrons. The van der Waals surface area contributed by atoms with Crippen LogP contribution in [0.1, 0.15) is 42.9 Å². The number of nitrogens with one attached hydrogen (secondary N) is 1. The van der Waals surface area contributed by atoms with Gasteiger partial charge < -0.3 is 9.88 Å². The van der Waals surface area contributed by atoms with Crippen LogP contribution in [0.15, 0.2) is 53.4 Å². The standard InChI is InChI=1S/C25H32N4O3S/c1-18-14-19(2)17-28(16-18)33(31,32)22-9-6-8-21(15-22)25(30)26-12-7-13-29-20(3)27-23-10-4-5-11-24(23)29/h4-6,8-11,15,18-19H,7,12-14,16-17H2,1-3H3,(H,26,30)/t18-,19+. The van der Waals surface area contributed by atoms with Crippen molar-refractivity contribution in [3.05, 3.63) is 59.9 Å². The maximum atomic E-state index is 13.2. The fourth-order valence-electron chi connectivity index (χ4n) is 4.77. The molecule has 0 aliphatic carbocycles. The van der Waals surface area contributed by atoms with E-state index < -0.39 is 10.0 Å². The number of carbonyl (C=O) groups excluding carboxylic acids is 1. The second-order valence-corrected chi connectivity index (χ2v) is 11.1. The number of aromatic nitrogens is 2. The number of imidazole rings is 1. The summed E-state index contributed by atoms with van der Waals surface area (Å²) in [6, 6.07) is 14.4. The van der Waals surface area contributed by atoms with E-state index in [1.54, 1.807) is 22.5 Å². The summed E-state index contributed by atoms with van der Waals surface area (Å²) < 4.78 is 30.0. The van der Waals surface area contributed by atoms with Crippen molar-refractivity contribution in [2.45, 2.75) is 45.1 Å². The number of nitrogens with zero attached hydrogens (tertiary/aromatic N) is 3. The number of piperidine rings is 1. The third-order valence-electron chi connectivity index (χ3n) is 6.26. The molecule has 2 atom stereocenters. The van der Waals surface area contributed by atoms with Crippen molar-refractivity contribution in [3.8, 4) is 0 Å². The quantitative estimate of drug-likeness (QED) is 0.534. The molecule has 2 aromatic carbocycles. The van der Waals surface area contributed by atoms with Crippen molar-refractivity contribution >= 4 is 27.0 Å². The molecule has 1 fully saturated rings. The number of para-hydroxylation sites is 2. The van der Waals surface area contributed by atoms with Gasteiger partial charge in [-0.3, -0.25) is 4.79 Å². The third kappa shape index (κ3) is 5.12. The predicted molar refractivity (Wildman–Crippen MR) is 130 cm³/mol. The van der Waals surface area contributed by atoms with E-state index >= 15 is 0 Å². The molecule has 0 spiro atoms. The molecule has 7 nitrogen and oxygen atoms in total. The molecule has 1 N–H and O–H groups in total. The van der Waals surface area contributed by atoms with Gasteiger partial charge in [0.1, 0.15) is 5.82 Å². The molecule has 3 aromatic rings. The van der Waals surface area contributed by atoms with E-state index in [2.05, 4.69) is 28.7 Å². The molecule has 0 bridgehead atoms. The highest BCUT2D eigenvalue weighted by atomic mass is 32.2. The number of hydrogen-bond acceptors (Lipinski definition) is 4. The summed E-state index contributed by atoms with van der Waals surface area (Å²) in [5.41, 5.74) is 2.41. The highest BCUT2D eigenvalue weighted by molar-refractivity contribution is 7.89. The summed E-state index contributed by atoms with van der Waals surface area (Å²) in [4.78, 5) is 17.5. The van der Waals surface area contributed by atoms with E-state index in [0.717, 1.165) is 36.2 Å². The molecule has 0 unspecified atom stereocenters. The monoisotopic (exact) mass is 468 g/mol. The van der Waals surface area contributed by atoms with Gasteiger partial charge >= 0.3 is 0 Å². The van der Waals surface area contributed by atoms with Gasteiger partial charge in [0.05, 0.1) is 15.9 Å². The maximum Gasteiger partial charge on any atom is 0.251 e. The minimum absolute atomic E-state index is 0.178. The summed E-state index contributed by atoms with van der Waals surface area (Å²) in [7, 11) is -3.62. The highest BCUT2D eigenvalue weighted by Gasteiger charge is 2.31. The Kier molecular flexibility index (Phi) is 6.86. The first-order chi connectivity index (χ1) is 15.8. The summed E-state index contributed by atoms with van der Waals surface area (Å²) in [5, 5.41) is 2.92. The van der Waals surface area contributed by atoms with Crippen LogP contribution in [0.4, 0.5) is 0 Å². The van der Waals surface area contributed by atoms with Crippen LogP contribution in [-0.4, -0.2) is 47.8 Å². The van der Waals surface area contributed by atoms with E-state index in [-0.39, 0.29) is 10.8 Å². The van der Waals surface area contributed by atoms with Crippen molar-refractivity contribution in [1.29, 1.82) is 0 Å². The summed E-state index contributed by atoms with van der Waals surface area (Å²) in [6.07, 6.45) is 1.78. The van der Waals surface area contributed by atoms with Crippen molar-refractivity contribution in [3.63, 3.8) is 0 Å². The average Bonchev–Trinajstić information content (AvgIpc) is 3.11. The number of fused-ring (bicyclic) bond motifs is 1. The normalized spacial score (nSPS) is 19.6. The second kappa shape index (κ2) is 9.65. The van der Waals surface area contributed by atoms with Crippen LogP contribution in [-0.2, 0) is 16.6 Å². The SMILES string of the molecule is Cc1nc2ccccc2n1CCCNC(=O)c1cccc(S(=O)(=O)N2C[C@H](C)C[C@H](C)C2)c1. The number of hydrogen-bond donors (Lipinski definition) is 1. The zero-order valence-electron chi connectivity index (χ0n) is 19.5. The Morgan fingerprint density at radius 3 is 2.58 bits per heavy atom. The number of rotatable bonds is 7. The van der Waals surface area contributed by atoms with Gasteiger partial charge in [0.25, 0.3) is 5.91 Å². The number of carbonyl (C=O) groups is 1. The molecule has 1 aliphatic heterocycles. The van der Waals surface area contributed by atoms with Crippen LogP contribution in [0, 0.1) is 18.8 Å². The molecule has 1 saturated heterocycles. The van der Waals surface area contributed by atoms with Crippen molar-refractivity contribution in [1.82, 2.24) is 19.2 Å². The fourth-order valence-corrected chi connectivity index (χ4v) is 6.49. The molecular weight excluding hydrogens is 436 g/mol. The number of amides is 1. The summed E-state index contributed by atoms with van der Waals surface area (Å²) >= 11 is 0. The first kappa shape index (κ1) is 23.4. The Hall–Kier alpha value is -2.71. The molecule has 4 rings (SSSR count). The van der Waals surface area contributed by atoms with Gasteiger partial charge in [-0.1, -0.05) is 32.0 Å². The average molecular weight is 469 g/mol. The van der Waals surface area contributed by atoms with Gasteiger partial charge in [-0.15, -0.1) is 0 Å². The Morgan fingerprint density at radius 1 is 1.09 bits per heavy atom. The van der Waals surface area contributed by atoms with Gasteiger partial charge in [-0.05, 0) is 61.9 Å². The van der Waals surface area contributed by atoms with E-state index in [1.807, 2.05) is 31.2 Å². The van der Waals surface area contributed by atoms with E-state index in [4.69, 9.17) is 0 Å². The second-order valence-electron chi connectivity index (χ2n) is 9.20. The van der Waals surface area contributed by atoms with E-state index in [9.17, 15) is 13.2 Å². The number of aryl methyl sites for hydroxylation is 2. The molecule has 2 heterocycles. The summed E-state index contributed by atoms with van der Waals surface area (Å²) in [5.74, 6) is 1.33. The molecule has 1 aliphatic rings. The molecule has 1 amide bonds.